The van der Waals surface area contributed by atoms with Crippen molar-refractivity contribution in [1.29, 1.82) is 0 Å². The molecule has 1 aliphatic heterocycles. The lowest BCUT2D eigenvalue weighted by atomic mass is 10.0. The van der Waals surface area contributed by atoms with Crippen molar-refractivity contribution in [2.45, 2.75) is 56.3 Å². The molecule has 1 amide bonds. The van der Waals surface area contributed by atoms with Crippen LogP contribution in [0.3, 0.4) is 0 Å². The molecule has 2 aromatic heterocycles. The van der Waals surface area contributed by atoms with Crippen molar-refractivity contribution >= 4 is 39.0 Å². The summed E-state index contributed by atoms with van der Waals surface area (Å²) >= 11 is 1.44. The largest absolute Gasteiger partial charge is 0.497 e. The van der Waals surface area contributed by atoms with Crippen LogP contribution in [0.4, 0.5) is 4.79 Å². The van der Waals surface area contributed by atoms with Crippen molar-refractivity contribution in [1.82, 2.24) is 24.3 Å². The van der Waals surface area contributed by atoms with E-state index in [1.807, 2.05) is 52.1 Å². The van der Waals surface area contributed by atoms with E-state index < -0.39 is 15.7 Å². The molecule has 0 unspecified atom stereocenters. The monoisotopic (exact) mass is 727 g/mol. The molecular formula is C35H45N5O8S2. The van der Waals surface area contributed by atoms with Crippen LogP contribution in [0.25, 0.3) is 22.2 Å². The van der Waals surface area contributed by atoms with Crippen LogP contribution >= 0.6 is 11.8 Å². The van der Waals surface area contributed by atoms with Gasteiger partial charge in [0, 0.05) is 55.9 Å². The van der Waals surface area contributed by atoms with E-state index in [0.29, 0.717) is 53.1 Å². The first kappa shape index (κ1) is 38.6. The highest BCUT2D eigenvalue weighted by molar-refractivity contribution is 7.98. The van der Waals surface area contributed by atoms with Gasteiger partial charge in [0.2, 0.25) is 0 Å². The molecule has 0 aliphatic carbocycles. The second-order valence-electron chi connectivity index (χ2n) is 12.7. The molecule has 3 heterocycles. The van der Waals surface area contributed by atoms with E-state index in [-0.39, 0.29) is 16.5 Å². The molecular weight excluding hydrogens is 683 g/mol. The minimum absolute atomic E-state index is 0.0666. The molecule has 270 valence electrons. The molecule has 1 aliphatic rings. The Kier molecular flexibility index (Phi) is 12.9. The Labute approximate surface area is 297 Å². The lowest BCUT2D eigenvalue weighted by molar-refractivity contribution is 0.0144. The van der Waals surface area contributed by atoms with Gasteiger partial charge in [-0.1, -0.05) is 29.5 Å². The fraction of sp³-hybridized carbons (Fsp3) is 0.429. The first-order chi connectivity index (χ1) is 23.6. The van der Waals surface area contributed by atoms with Crippen LogP contribution in [-0.2, 0) is 21.4 Å². The number of piperazine rings is 1. The van der Waals surface area contributed by atoms with E-state index in [1.165, 1.54) is 23.9 Å². The Morgan fingerprint density at radius 2 is 1.58 bits per heavy atom. The average molecular weight is 728 g/mol. The molecule has 1 N–H and O–H groups in total. The molecule has 0 spiro atoms. The number of amides is 1. The number of pyridine rings is 1. The number of carbonyl (C=O) groups excluding carboxylic acids is 1. The second kappa shape index (κ2) is 16.7. The molecule has 4 aromatic rings. The summed E-state index contributed by atoms with van der Waals surface area (Å²) in [5, 5.41) is 1.40. The molecule has 0 saturated carbocycles. The van der Waals surface area contributed by atoms with E-state index in [2.05, 4.69) is 14.9 Å². The second-order valence-corrected chi connectivity index (χ2v) is 14.9. The van der Waals surface area contributed by atoms with Gasteiger partial charge in [0.15, 0.2) is 5.16 Å². The predicted molar refractivity (Wildman–Crippen MR) is 194 cm³/mol. The number of aryl methyl sites for hydroxylation is 2. The van der Waals surface area contributed by atoms with E-state index in [1.54, 1.807) is 48.1 Å². The summed E-state index contributed by atoms with van der Waals surface area (Å²) in [4.78, 5) is 39.3. The van der Waals surface area contributed by atoms with Crippen LogP contribution < -0.4 is 15.0 Å². The predicted octanol–water partition coefficient (Wildman–Crippen LogP) is 5.38. The molecule has 2 aromatic carbocycles. The van der Waals surface area contributed by atoms with Gasteiger partial charge < -0.3 is 19.1 Å². The first-order valence-corrected chi connectivity index (χ1v) is 18.7. The molecule has 1 saturated heterocycles. The highest BCUT2D eigenvalue weighted by atomic mass is 32.2. The van der Waals surface area contributed by atoms with Crippen LogP contribution in [-0.4, -0.2) is 102 Å². The number of ether oxygens (including phenoxy) is 3. The molecule has 0 atom stereocenters. The van der Waals surface area contributed by atoms with Gasteiger partial charge in [0.1, 0.15) is 22.7 Å². The highest BCUT2D eigenvalue weighted by Crippen LogP contribution is 2.30. The maximum Gasteiger partial charge on any atom is 0.410 e. The molecule has 50 heavy (non-hydrogen) atoms. The van der Waals surface area contributed by atoms with Gasteiger partial charge in [0.05, 0.1) is 19.1 Å². The number of nitrogens with zero attached hydrogens (tertiary/aromatic N) is 5. The van der Waals surface area contributed by atoms with Crippen molar-refractivity contribution in [2.24, 2.45) is 0 Å². The van der Waals surface area contributed by atoms with Gasteiger partial charge in [0.25, 0.3) is 15.7 Å². The lowest BCUT2D eigenvalue weighted by Gasteiger charge is -2.35. The minimum Gasteiger partial charge on any atom is -0.497 e. The molecule has 13 nitrogen and oxygen atoms in total. The van der Waals surface area contributed by atoms with E-state index in [0.717, 1.165) is 37.0 Å². The number of carbonyl (C=O) groups is 1. The number of aromatic nitrogens is 3. The first-order valence-electron chi connectivity index (χ1n) is 16.0. The minimum atomic E-state index is -4.02. The average Bonchev–Trinajstić information content (AvgIpc) is 3.08. The maximum absolute atomic E-state index is 13.8. The van der Waals surface area contributed by atoms with Crippen molar-refractivity contribution < 1.29 is 32.0 Å². The van der Waals surface area contributed by atoms with Crippen LogP contribution in [0.2, 0.25) is 0 Å². The smallest absolute Gasteiger partial charge is 0.410 e. The maximum atomic E-state index is 13.8. The Morgan fingerprint density at radius 1 is 0.960 bits per heavy atom. The normalized spacial score (nSPS) is 13.8. The molecule has 5 rings (SSSR count). The van der Waals surface area contributed by atoms with E-state index >= 15 is 0 Å². The SMILES string of the molecule is COc1cc(OC)cc(-c2cc3cnc(SC)nc3n(CCCN3CCN(C(=O)OC(C)(C)C)CC3)c2=O)c1.Cc1ccc(S(=O)(=O)O)cc1. The van der Waals surface area contributed by atoms with Gasteiger partial charge in [-0.05, 0) is 82.8 Å². The van der Waals surface area contributed by atoms with E-state index in [9.17, 15) is 18.0 Å². The molecule has 15 heteroatoms. The summed E-state index contributed by atoms with van der Waals surface area (Å²) in [6.07, 6.45) is 4.17. The van der Waals surface area contributed by atoms with Crippen molar-refractivity contribution in [3.05, 3.63) is 70.6 Å². The molecule has 0 bridgehead atoms. The molecule has 1 fully saturated rings. The van der Waals surface area contributed by atoms with Gasteiger partial charge >= 0.3 is 6.09 Å². The third-order valence-electron chi connectivity index (χ3n) is 7.85. The number of rotatable bonds is 9. The summed E-state index contributed by atoms with van der Waals surface area (Å²) in [5.41, 5.74) is 2.18. The Hall–Kier alpha value is -4.18. The Morgan fingerprint density at radius 3 is 2.12 bits per heavy atom. The van der Waals surface area contributed by atoms with Gasteiger partial charge in [-0.3, -0.25) is 18.8 Å². The van der Waals surface area contributed by atoms with Crippen molar-refractivity contribution in [3.8, 4) is 22.6 Å². The van der Waals surface area contributed by atoms with Crippen molar-refractivity contribution in [3.63, 3.8) is 0 Å². The van der Waals surface area contributed by atoms with Gasteiger partial charge in [-0.15, -0.1) is 0 Å². The summed E-state index contributed by atoms with van der Waals surface area (Å²) in [7, 11) is -0.848. The van der Waals surface area contributed by atoms with Crippen LogP contribution in [0, 0.1) is 6.92 Å². The summed E-state index contributed by atoms with van der Waals surface area (Å²) in [5.74, 6) is 1.21. The Balaban J connectivity index is 0.000000435. The van der Waals surface area contributed by atoms with E-state index in [4.69, 9.17) is 18.8 Å². The Bertz CT molecular complexity index is 1930. The summed E-state index contributed by atoms with van der Waals surface area (Å²) in [6.45, 7) is 11.5. The van der Waals surface area contributed by atoms with Crippen LogP contribution in [0.1, 0.15) is 32.8 Å². The van der Waals surface area contributed by atoms with Gasteiger partial charge in [-0.25, -0.2) is 14.8 Å². The topological polar surface area (TPSA) is 153 Å². The highest BCUT2D eigenvalue weighted by Gasteiger charge is 2.26. The third kappa shape index (κ3) is 10.4. The standard InChI is InChI=1S/C28H37N5O5S.C7H8O3S/c1-28(2,3)38-27(35)32-12-10-31(11-13-32)8-7-9-33-24-20(18-29-26(30-24)39-6)16-23(25(33)34)19-14-21(36-4)17-22(15-19)37-5;1-6-2-4-7(5-3-6)11(8,9)10/h14-18H,7-13H2,1-6H3;2-5H,1H3,(H,8,9,10). The zero-order chi connectivity index (χ0) is 36.6. The van der Waals surface area contributed by atoms with Crippen LogP contribution in [0.15, 0.2) is 69.6 Å². The van der Waals surface area contributed by atoms with Gasteiger partial charge in [-0.2, -0.15) is 8.42 Å². The van der Waals surface area contributed by atoms with Crippen LogP contribution in [0.5, 0.6) is 11.5 Å². The number of methoxy groups -OCH3 is 2. The number of thioether (sulfide) groups is 1. The number of hydrogen-bond acceptors (Lipinski definition) is 11. The quantitative estimate of drug-likeness (QED) is 0.134. The summed E-state index contributed by atoms with van der Waals surface area (Å²) < 4.78 is 47.7. The number of fused-ring (bicyclic) bond motifs is 1. The lowest BCUT2D eigenvalue weighted by Crippen LogP contribution is -2.50. The third-order valence-corrected chi connectivity index (χ3v) is 9.28. The zero-order valence-corrected chi connectivity index (χ0v) is 31.1. The fourth-order valence-electron chi connectivity index (χ4n) is 5.26. The number of benzene rings is 2. The summed E-state index contributed by atoms with van der Waals surface area (Å²) in [6, 6.07) is 13.3. The fourth-order valence-corrected chi connectivity index (χ4v) is 6.08. The van der Waals surface area contributed by atoms with Crippen molar-refractivity contribution in [2.75, 3.05) is 53.2 Å². The zero-order valence-electron chi connectivity index (χ0n) is 29.5. The molecule has 0 radical (unpaired) electrons. The number of hydrogen-bond donors (Lipinski definition) is 1.